The molecule has 0 aromatic heterocycles. The monoisotopic (exact) mass is 449 g/mol. The number of carbonyl (C=O) groups excluding carboxylic acids is 2. The van der Waals surface area contributed by atoms with Crippen LogP contribution in [-0.2, 0) is 14.3 Å². The van der Waals surface area contributed by atoms with Crippen molar-refractivity contribution in [3.63, 3.8) is 0 Å². The molecule has 27 heavy (non-hydrogen) atoms. The number of carbonyl (C=O) groups is 2. The zero-order valence-electron chi connectivity index (χ0n) is 14.3. The van der Waals surface area contributed by atoms with Gasteiger partial charge in [0, 0.05) is 17.5 Å². The van der Waals surface area contributed by atoms with Gasteiger partial charge in [-0.15, -0.1) is 0 Å². The summed E-state index contributed by atoms with van der Waals surface area (Å²) in [4.78, 5) is 27.6. The number of hydrogen-bond acceptors (Lipinski definition) is 6. The molecule has 8 heteroatoms. The predicted octanol–water partition coefficient (Wildman–Crippen LogP) is 4.38. The van der Waals surface area contributed by atoms with Gasteiger partial charge in [-0.05, 0) is 57.9 Å². The third-order valence-electron chi connectivity index (χ3n) is 3.49. The van der Waals surface area contributed by atoms with Gasteiger partial charge in [-0.25, -0.2) is 9.79 Å². The zero-order valence-corrected chi connectivity index (χ0v) is 16.6. The topological polar surface area (TPSA) is 74.2 Å². The van der Waals surface area contributed by atoms with E-state index in [2.05, 4.69) is 20.9 Å². The van der Waals surface area contributed by atoms with Gasteiger partial charge in [0.25, 0.3) is 0 Å². The SMILES string of the molecule is COc1cc(/C=C2\N=C(c3cccc(Cl)c3)OC2=O)cc(Br)c1OC(C)=O. The highest BCUT2D eigenvalue weighted by atomic mass is 79.9. The largest absolute Gasteiger partial charge is 0.493 e. The Labute approximate surface area is 168 Å². The Bertz CT molecular complexity index is 1000. The first-order valence-electron chi connectivity index (χ1n) is 7.72. The van der Waals surface area contributed by atoms with Gasteiger partial charge < -0.3 is 14.2 Å². The highest BCUT2D eigenvalue weighted by molar-refractivity contribution is 9.10. The molecule has 3 rings (SSSR count). The summed E-state index contributed by atoms with van der Waals surface area (Å²) >= 11 is 9.30. The van der Waals surface area contributed by atoms with Crippen LogP contribution >= 0.6 is 27.5 Å². The number of rotatable bonds is 4. The molecule has 1 aliphatic rings. The van der Waals surface area contributed by atoms with Gasteiger partial charge in [-0.2, -0.15) is 0 Å². The molecule has 2 aromatic carbocycles. The van der Waals surface area contributed by atoms with Crippen molar-refractivity contribution in [2.75, 3.05) is 7.11 Å². The van der Waals surface area contributed by atoms with Gasteiger partial charge in [-0.3, -0.25) is 4.79 Å². The van der Waals surface area contributed by atoms with Crippen LogP contribution in [0.3, 0.4) is 0 Å². The number of ether oxygens (including phenoxy) is 3. The van der Waals surface area contributed by atoms with E-state index < -0.39 is 11.9 Å². The van der Waals surface area contributed by atoms with Crippen molar-refractivity contribution in [2.24, 2.45) is 4.99 Å². The van der Waals surface area contributed by atoms with E-state index in [-0.39, 0.29) is 17.3 Å². The lowest BCUT2D eigenvalue weighted by atomic mass is 10.1. The molecule has 2 aromatic rings. The van der Waals surface area contributed by atoms with Crippen LogP contribution in [0.25, 0.3) is 6.08 Å². The molecular formula is C19H13BrClNO5. The minimum absolute atomic E-state index is 0.124. The van der Waals surface area contributed by atoms with E-state index >= 15 is 0 Å². The van der Waals surface area contributed by atoms with Crippen molar-refractivity contribution in [2.45, 2.75) is 6.92 Å². The summed E-state index contributed by atoms with van der Waals surface area (Å²) in [6.07, 6.45) is 1.55. The molecule has 138 valence electrons. The van der Waals surface area contributed by atoms with Crippen LogP contribution in [0.2, 0.25) is 5.02 Å². The van der Waals surface area contributed by atoms with Crippen LogP contribution in [0, 0.1) is 0 Å². The number of halogens is 2. The maximum absolute atomic E-state index is 12.1. The molecule has 1 heterocycles. The molecule has 0 bridgehead atoms. The number of hydrogen-bond donors (Lipinski definition) is 0. The van der Waals surface area contributed by atoms with E-state index in [1.807, 2.05) is 0 Å². The van der Waals surface area contributed by atoms with Gasteiger partial charge in [0.1, 0.15) is 0 Å². The Morgan fingerprint density at radius 2 is 2.07 bits per heavy atom. The first-order valence-corrected chi connectivity index (χ1v) is 8.89. The fourth-order valence-electron chi connectivity index (χ4n) is 2.38. The van der Waals surface area contributed by atoms with E-state index in [1.165, 1.54) is 14.0 Å². The lowest BCUT2D eigenvalue weighted by molar-refractivity contribution is -0.132. The summed E-state index contributed by atoms with van der Waals surface area (Å²) < 4.78 is 16.1. The number of methoxy groups -OCH3 is 1. The van der Waals surface area contributed by atoms with Crippen LogP contribution in [0.15, 0.2) is 51.6 Å². The Balaban J connectivity index is 1.97. The summed E-state index contributed by atoms with van der Waals surface area (Å²) in [7, 11) is 1.45. The average Bonchev–Trinajstić information content (AvgIpc) is 2.97. The second-order valence-corrected chi connectivity index (χ2v) is 6.76. The van der Waals surface area contributed by atoms with Gasteiger partial charge >= 0.3 is 11.9 Å². The fourth-order valence-corrected chi connectivity index (χ4v) is 3.11. The minimum atomic E-state index is -0.580. The number of cyclic esters (lactones) is 1. The van der Waals surface area contributed by atoms with Gasteiger partial charge in [-0.1, -0.05) is 17.7 Å². The number of nitrogens with zero attached hydrogens (tertiary/aromatic N) is 1. The maximum Gasteiger partial charge on any atom is 0.363 e. The number of aliphatic imine (C=N–C) groups is 1. The average molecular weight is 451 g/mol. The van der Waals surface area contributed by atoms with Crippen molar-refractivity contribution in [1.82, 2.24) is 0 Å². The summed E-state index contributed by atoms with van der Waals surface area (Å²) in [5.74, 6) is -0.295. The molecule has 0 fully saturated rings. The van der Waals surface area contributed by atoms with E-state index in [4.69, 9.17) is 25.8 Å². The second kappa shape index (κ2) is 7.94. The minimum Gasteiger partial charge on any atom is -0.493 e. The normalized spacial score (nSPS) is 14.7. The molecule has 0 saturated carbocycles. The van der Waals surface area contributed by atoms with Crippen LogP contribution in [0.5, 0.6) is 11.5 Å². The molecule has 0 amide bonds. The lowest BCUT2D eigenvalue weighted by Crippen LogP contribution is -2.05. The van der Waals surface area contributed by atoms with E-state index in [9.17, 15) is 9.59 Å². The van der Waals surface area contributed by atoms with Crippen molar-refractivity contribution < 1.29 is 23.8 Å². The van der Waals surface area contributed by atoms with Crippen LogP contribution < -0.4 is 9.47 Å². The molecule has 0 atom stereocenters. The fraction of sp³-hybridized carbons (Fsp3) is 0.105. The molecule has 0 unspecified atom stereocenters. The summed E-state index contributed by atoms with van der Waals surface area (Å²) in [5, 5.41) is 0.512. The quantitative estimate of drug-likeness (QED) is 0.393. The first-order chi connectivity index (χ1) is 12.9. The molecule has 1 aliphatic heterocycles. The smallest absolute Gasteiger partial charge is 0.363 e. The third kappa shape index (κ3) is 4.37. The number of esters is 2. The Kier molecular flexibility index (Phi) is 5.62. The molecule has 0 saturated heterocycles. The van der Waals surface area contributed by atoms with Crippen molar-refractivity contribution in [1.29, 1.82) is 0 Å². The van der Waals surface area contributed by atoms with Crippen LogP contribution in [-0.4, -0.2) is 24.9 Å². The zero-order chi connectivity index (χ0) is 19.6. The van der Waals surface area contributed by atoms with E-state index in [0.717, 1.165) is 0 Å². The molecule has 0 aliphatic carbocycles. The van der Waals surface area contributed by atoms with Crippen molar-refractivity contribution in [3.8, 4) is 11.5 Å². The summed E-state index contributed by atoms with van der Waals surface area (Å²) in [6.45, 7) is 1.29. The summed E-state index contributed by atoms with van der Waals surface area (Å²) in [5.41, 5.74) is 1.33. The predicted molar refractivity (Wildman–Crippen MR) is 104 cm³/mol. The molecular weight excluding hydrogens is 438 g/mol. The molecule has 0 radical (unpaired) electrons. The third-order valence-corrected chi connectivity index (χ3v) is 4.32. The van der Waals surface area contributed by atoms with E-state index in [0.29, 0.717) is 26.4 Å². The standard InChI is InChI=1S/C19H13BrClNO5/c1-10(23)26-17-14(20)6-11(8-16(17)25-2)7-15-19(24)27-18(22-15)12-4-3-5-13(21)9-12/h3-9H,1-2H3/b15-7-. The Morgan fingerprint density at radius 1 is 1.30 bits per heavy atom. The van der Waals surface area contributed by atoms with Crippen LogP contribution in [0.1, 0.15) is 18.1 Å². The van der Waals surface area contributed by atoms with Gasteiger partial charge in [0.05, 0.1) is 11.6 Å². The van der Waals surface area contributed by atoms with Gasteiger partial charge in [0.15, 0.2) is 17.2 Å². The Morgan fingerprint density at radius 3 is 2.74 bits per heavy atom. The molecule has 0 spiro atoms. The van der Waals surface area contributed by atoms with E-state index in [1.54, 1.807) is 42.5 Å². The summed E-state index contributed by atoms with van der Waals surface area (Å²) in [6, 6.07) is 10.2. The van der Waals surface area contributed by atoms with Crippen molar-refractivity contribution in [3.05, 3.63) is 62.7 Å². The second-order valence-electron chi connectivity index (χ2n) is 5.47. The molecule has 6 nitrogen and oxygen atoms in total. The van der Waals surface area contributed by atoms with Crippen LogP contribution in [0.4, 0.5) is 0 Å². The number of benzene rings is 2. The van der Waals surface area contributed by atoms with Crippen molar-refractivity contribution >= 4 is 51.4 Å². The Hall–Kier alpha value is -2.64. The highest BCUT2D eigenvalue weighted by Crippen LogP contribution is 2.37. The maximum atomic E-state index is 12.1. The lowest BCUT2D eigenvalue weighted by Gasteiger charge is -2.11. The first kappa shape index (κ1) is 19.1. The van der Waals surface area contributed by atoms with Gasteiger partial charge in [0.2, 0.25) is 5.90 Å². The molecule has 0 N–H and O–H groups in total. The highest BCUT2D eigenvalue weighted by Gasteiger charge is 2.24.